The molecule has 4 aromatic rings. The number of imidazole rings is 1. The van der Waals surface area contributed by atoms with Gasteiger partial charge in [0.15, 0.2) is 5.76 Å². The number of carbonyl (C=O) groups is 1. The van der Waals surface area contributed by atoms with Gasteiger partial charge in [0.25, 0.3) is 11.6 Å². The molecule has 0 spiro atoms. The van der Waals surface area contributed by atoms with Gasteiger partial charge < -0.3 is 14.7 Å². The van der Waals surface area contributed by atoms with Gasteiger partial charge in [0.2, 0.25) is 0 Å². The first-order valence-corrected chi connectivity index (χ1v) is 11.0. The second-order valence-electron chi connectivity index (χ2n) is 6.91. The quantitative estimate of drug-likeness (QED) is 0.298. The van der Waals surface area contributed by atoms with Crippen molar-refractivity contribution in [3.05, 3.63) is 82.4 Å². The Kier molecular flexibility index (Phi) is 6.03. The molecule has 2 aromatic carbocycles. The normalized spacial score (nSPS) is 12.0. The summed E-state index contributed by atoms with van der Waals surface area (Å²) in [6.07, 6.45) is 2.73. The molecular weight excluding hydrogens is 416 g/mol. The predicted molar refractivity (Wildman–Crippen MR) is 120 cm³/mol. The van der Waals surface area contributed by atoms with E-state index in [1.807, 2.05) is 30.5 Å². The lowest BCUT2D eigenvalue weighted by Gasteiger charge is -2.15. The average Bonchev–Trinajstić information content (AvgIpc) is 3.44. The largest absolute Gasteiger partial charge is 0.451 e. The first-order chi connectivity index (χ1) is 15.0. The van der Waals surface area contributed by atoms with E-state index < -0.39 is 4.92 Å². The van der Waals surface area contributed by atoms with Crippen LogP contribution in [0.25, 0.3) is 22.4 Å². The summed E-state index contributed by atoms with van der Waals surface area (Å²) in [6.45, 7) is 0. The van der Waals surface area contributed by atoms with Crippen LogP contribution < -0.4 is 5.32 Å². The number of para-hydroxylation sites is 2. The van der Waals surface area contributed by atoms with Crippen LogP contribution in [0, 0.1) is 10.1 Å². The van der Waals surface area contributed by atoms with Gasteiger partial charge in [-0.3, -0.25) is 14.9 Å². The number of non-ortho nitro benzene ring substituents is 1. The summed E-state index contributed by atoms with van der Waals surface area (Å²) >= 11 is 1.69. The van der Waals surface area contributed by atoms with Crippen LogP contribution in [0.3, 0.4) is 0 Å². The number of nitrogens with one attached hydrogen (secondary N) is 2. The zero-order valence-corrected chi connectivity index (χ0v) is 17.5. The minimum Gasteiger partial charge on any atom is -0.451 e. The third-order valence-electron chi connectivity index (χ3n) is 4.85. The fraction of sp³-hybridized carbons (Fsp3) is 0.182. The highest BCUT2D eigenvalue weighted by molar-refractivity contribution is 7.98. The molecule has 2 N–H and O–H groups in total. The summed E-state index contributed by atoms with van der Waals surface area (Å²) in [5, 5.41) is 13.8. The molecule has 8 nitrogen and oxygen atoms in total. The highest BCUT2D eigenvalue weighted by Crippen LogP contribution is 2.26. The Bertz CT molecular complexity index is 1180. The zero-order chi connectivity index (χ0) is 21.8. The Labute approximate surface area is 182 Å². The molecule has 1 amide bonds. The van der Waals surface area contributed by atoms with Crippen LogP contribution in [-0.2, 0) is 0 Å². The van der Waals surface area contributed by atoms with Gasteiger partial charge in [0, 0.05) is 17.7 Å². The molecule has 0 aliphatic carbocycles. The van der Waals surface area contributed by atoms with E-state index in [-0.39, 0.29) is 23.4 Å². The van der Waals surface area contributed by atoms with Crippen LogP contribution in [0.1, 0.15) is 28.8 Å². The number of aromatic nitrogens is 2. The molecule has 0 saturated carbocycles. The van der Waals surface area contributed by atoms with Crippen molar-refractivity contribution < 1.29 is 14.1 Å². The smallest absolute Gasteiger partial charge is 0.287 e. The van der Waals surface area contributed by atoms with E-state index in [1.165, 1.54) is 12.1 Å². The molecule has 2 aromatic heterocycles. The number of hydrogen-bond donors (Lipinski definition) is 2. The molecule has 0 aliphatic heterocycles. The molecule has 0 aliphatic rings. The lowest BCUT2D eigenvalue weighted by atomic mass is 10.1. The maximum atomic E-state index is 12.9. The number of amides is 1. The number of thioether (sulfide) groups is 1. The number of carbonyl (C=O) groups excluding carboxylic acids is 1. The van der Waals surface area contributed by atoms with Crippen molar-refractivity contribution in [2.75, 3.05) is 12.0 Å². The van der Waals surface area contributed by atoms with E-state index in [2.05, 4.69) is 15.3 Å². The molecular formula is C22H20N4O4S. The number of rotatable bonds is 8. The van der Waals surface area contributed by atoms with Crippen LogP contribution in [-0.4, -0.2) is 32.8 Å². The molecule has 0 saturated heterocycles. The van der Waals surface area contributed by atoms with Gasteiger partial charge in [-0.2, -0.15) is 11.8 Å². The Morgan fingerprint density at radius 1 is 1.19 bits per heavy atom. The molecule has 0 radical (unpaired) electrons. The fourth-order valence-electron chi connectivity index (χ4n) is 3.24. The standard InChI is InChI=1S/C22H20N4O4S/c1-31-13-12-18(21-23-16-4-2-3-5-17(16)24-21)25-22(27)20-11-10-19(30-20)14-6-8-15(9-7-14)26(28)29/h2-11,18H,12-13H2,1H3,(H,23,24)(H,25,27). The minimum atomic E-state index is -0.461. The Morgan fingerprint density at radius 3 is 2.68 bits per heavy atom. The number of nitro groups is 1. The monoisotopic (exact) mass is 436 g/mol. The van der Waals surface area contributed by atoms with Crippen LogP contribution in [0.5, 0.6) is 0 Å². The van der Waals surface area contributed by atoms with Crippen molar-refractivity contribution in [1.82, 2.24) is 15.3 Å². The third-order valence-corrected chi connectivity index (χ3v) is 5.49. The maximum absolute atomic E-state index is 12.9. The molecule has 1 unspecified atom stereocenters. The Hall–Kier alpha value is -3.59. The highest BCUT2D eigenvalue weighted by Gasteiger charge is 2.21. The number of furan rings is 1. The molecule has 0 fully saturated rings. The number of H-pyrrole nitrogens is 1. The van der Waals surface area contributed by atoms with Gasteiger partial charge in [-0.05, 0) is 54.8 Å². The summed E-state index contributed by atoms with van der Waals surface area (Å²) < 4.78 is 5.71. The minimum absolute atomic E-state index is 0.00394. The van der Waals surface area contributed by atoms with Gasteiger partial charge in [-0.25, -0.2) is 4.98 Å². The van der Waals surface area contributed by atoms with Gasteiger partial charge in [-0.15, -0.1) is 0 Å². The van der Waals surface area contributed by atoms with Crippen molar-refractivity contribution in [3.63, 3.8) is 0 Å². The number of hydrogen-bond acceptors (Lipinski definition) is 6. The molecule has 4 rings (SSSR count). The van der Waals surface area contributed by atoms with Crippen LogP contribution >= 0.6 is 11.8 Å². The second-order valence-corrected chi connectivity index (χ2v) is 7.90. The van der Waals surface area contributed by atoms with Crippen LogP contribution in [0.4, 0.5) is 5.69 Å². The maximum Gasteiger partial charge on any atom is 0.287 e. The summed E-state index contributed by atoms with van der Waals surface area (Å²) in [6, 6.07) is 16.7. The number of fused-ring (bicyclic) bond motifs is 1. The Balaban J connectivity index is 1.52. The molecule has 2 heterocycles. The first kappa shape index (κ1) is 20.7. The lowest BCUT2D eigenvalue weighted by Crippen LogP contribution is -2.29. The lowest BCUT2D eigenvalue weighted by molar-refractivity contribution is -0.384. The topological polar surface area (TPSA) is 114 Å². The summed E-state index contributed by atoms with van der Waals surface area (Å²) in [4.78, 5) is 31.1. The van der Waals surface area contributed by atoms with E-state index in [0.717, 1.165) is 16.8 Å². The SMILES string of the molecule is CSCCC(NC(=O)c1ccc(-c2ccc([N+](=O)[O-])cc2)o1)c1nc2ccccc2[nH]1. The van der Waals surface area contributed by atoms with Crippen molar-refractivity contribution in [3.8, 4) is 11.3 Å². The summed E-state index contributed by atoms with van der Waals surface area (Å²) in [5.41, 5.74) is 2.41. The van der Waals surface area contributed by atoms with Gasteiger partial charge in [0.1, 0.15) is 11.6 Å². The highest BCUT2D eigenvalue weighted by atomic mass is 32.2. The average molecular weight is 436 g/mol. The van der Waals surface area contributed by atoms with E-state index in [1.54, 1.807) is 36.0 Å². The van der Waals surface area contributed by atoms with Crippen LogP contribution in [0.2, 0.25) is 0 Å². The second kappa shape index (κ2) is 9.05. The molecule has 1 atom stereocenters. The van der Waals surface area contributed by atoms with Crippen molar-refractivity contribution in [1.29, 1.82) is 0 Å². The van der Waals surface area contributed by atoms with Crippen molar-refractivity contribution in [2.45, 2.75) is 12.5 Å². The van der Waals surface area contributed by atoms with Crippen molar-refractivity contribution in [2.24, 2.45) is 0 Å². The van der Waals surface area contributed by atoms with Gasteiger partial charge >= 0.3 is 0 Å². The van der Waals surface area contributed by atoms with E-state index in [9.17, 15) is 14.9 Å². The molecule has 0 bridgehead atoms. The van der Waals surface area contributed by atoms with Crippen molar-refractivity contribution >= 4 is 34.4 Å². The number of nitro benzene ring substituents is 1. The molecule has 9 heteroatoms. The van der Waals surface area contributed by atoms with Gasteiger partial charge in [-0.1, -0.05) is 12.1 Å². The molecule has 31 heavy (non-hydrogen) atoms. The van der Waals surface area contributed by atoms with Gasteiger partial charge in [0.05, 0.1) is 22.0 Å². The molecule has 158 valence electrons. The Morgan fingerprint density at radius 2 is 1.97 bits per heavy atom. The number of benzene rings is 2. The first-order valence-electron chi connectivity index (χ1n) is 9.64. The summed E-state index contributed by atoms with van der Waals surface area (Å²) in [7, 11) is 0. The summed E-state index contributed by atoms with van der Waals surface area (Å²) in [5.74, 6) is 1.84. The van der Waals surface area contributed by atoms with Crippen LogP contribution in [0.15, 0.2) is 65.1 Å². The zero-order valence-electron chi connectivity index (χ0n) is 16.7. The number of nitrogens with zero attached hydrogens (tertiary/aromatic N) is 2. The third kappa shape index (κ3) is 4.61. The predicted octanol–water partition coefficient (Wildman–Crippen LogP) is 4.96. The number of aromatic amines is 1. The van der Waals surface area contributed by atoms with E-state index in [4.69, 9.17) is 4.42 Å². The van der Waals surface area contributed by atoms with E-state index in [0.29, 0.717) is 23.6 Å². The fourth-order valence-corrected chi connectivity index (χ4v) is 3.71. The van der Waals surface area contributed by atoms with E-state index >= 15 is 0 Å².